The molecule has 8 nitrogen and oxygen atoms in total. The largest absolute Gasteiger partial charge is 0.458 e. The lowest BCUT2D eigenvalue weighted by Gasteiger charge is -2.66. The number of aliphatic hydroxyl groups is 3. The van der Waals surface area contributed by atoms with Crippen molar-refractivity contribution in [3.8, 4) is 0 Å². The Morgan fingerprint density at radius 3 is 2.41 bits per heavy atom. The number of ketones is 1. The summed E-state index contributed by atoms with van der Waals surface area (Å²) in [7, 11) is 0. The highest BCUT2D eigenvalue weighted by atomic mass is 19.1. The van der Waals surface area contributed by atoms with Crippen molar-refractivity contribution in [1.29, 1.82) is 0 Å². The maximum atomic E-state index is 16.0. The highest BCUT2D eigenvalue weighted by Crippen LogP contribution is 2.70. The molecule has 0 aromatic carbocycles. The van der Waals surface area contributed by atoms with Crippen LogP contribution in [0.2, 0.25) is 0 Å². The predicted molar refractivity (Wildman–Crippen MR) is 116 cm³/mol. The first-order valence-corrected chi connectivity index (χ1v) is 12.5. The first kappa shape index (κ1) is 24.6. The minimum atomic E-state index is -1.76. The molecular weight excluding hydrogens is 447 g/mol. The summed E-state index contributed by atoms with van der Waals surface area (Å²) < 4.78 is 32.5. The topological polar surface area (TPSA) is 123 Å². The van der Waals surface area contributed by atoms with E-state index in [-0.39, 0.29) is 43.4 Å². The van der Waals surface area contributed by atoms with Crippen LogP contribution >= 0.6 is 0 Å². The number of esters is 1. The summed E-state index contributed by atoms with van der Waals surface area (Å²) >= 11 is 0. The van der Waals surface area contributed by atoms with E-state index in [9.17, 15) is 24.9 Å². The number of halogens is 1. The van der Waals surface area contributed by atoms with Gasteiger partial charge in [-0.25, -0.2) is 4.39 Å². The highest BCUT2D eigenvalue weighted by molar-refractivity contribution is 5.91. The second-order valence-corrected chi connectivity index (χ2v) is 11.9. The number of hydrogen-bond donors (Lipinski definition) is 3. The molecule has 192 valence electrons. The number of ether oxygens (including phenoxy) is 3. The Kier molecular flexibility index (Phi) is 5.55. The third-order valence-corrected chi connectivity index (χ3v) is 10.6. The normalized spacial score (nSPS) is 51.4. The maximum Gasteiger partial charge on any atom is 0.303 e. The fourth-order valence-electron chi connectivity index (χ4n) is 8.80. The lowest BCUT2D eigenvalue weighted by molar-refractivity contribution is -0.315. The van der Waals surface area contributed by atoms with E-state index in [1.807, 2.05) is 6.92 Å². The van der Waals surface area contributed by atoms with Crippen LogP contribution in [0.15, 0.2) is 0 Å². The molecule has 0 radical (unpaired) electrons. The monoisotopic (exact) mass is 484 g/mol. The Balaban J connectivity index is 1.47. The molecule has 4 aliphatic carbocycles. The number of hydrogen-bond acceptors (Lipinski definition) is 8. The van der Waals surface area contributed by atoms with Gasteiger partial charge in [0.25, 0.3) is 0 Å². The van der Waals surface area contributed by atoms with E-state index in [0.717, 1.165) is 0 Å². The molecule has 0 amide bonds. The maximum absolute atomic E-state index is 16.0. The van der Waals surface area contributed by atoms with Crippen molar-refractivity contribution in [2.24, 2.45) is 28.6 Å². The Morgan fingerprint density at radius 1 is 1.09 bits per heavy atom. The van der Waals surface area contributed by atoms with Gasteiger partial charge in [-0.15, -0.1) is 0 Å². The van der Waals surface area contributed by atoms with Gasteiger partial charge in [0.15, 0.2) is 12.4 Å². The fourth-order valence-corrected chi connectivity index (χ4v) is 8.80. The van der Waals surface area contributed by atoms with Gasteiger partial charge in [-0.2, -0.15) is 0 Å². The SMILES string of the molecule is CC(=O)OCC(=O)[C@@]1(O)CC[C@@H]2[C@@H]3C[C@H](F)[C@@]4(O)CC5(CC[C@]4(C)[C@@H]3[C@H](O)C[C@@]21C)OCCO5. The van der Waals surface area contributed by atoms with Crippen LogP contribution in [0.25, 0.3) is 0 Å². The molecule has 9 heteroatoms. The molecule has 34 heavy (non-hydrogen) atoms. The summed E-state index contributed by atoms with van der Waals surface area (Å²) in [6, 6.07) is 0. The van der Waals surface area contributed by atoms with E-state index >= 15 is 4.39 Å². The third-order valence-electron chi connectivity index (χ3n) is 10.6. The molecule has 1 saturated heterocycles. The van der Waals surface area contributed by atoms with E-state index in [4.69, 9.17) is 14.2 Å². The quantitative estimate of drug-likeness (QED) is 0.517. The van der Waals surface area contributed by atoms with Crippen molar-refractivity contribution in [2.75, 3.05) is 19.8 Å². The Morgan fingerprint density at radius 2 is 1.76 bits per heavy atom. The lowest BCUT2D eigenvalue weighted by atomic mass is 9.41. The molecule has 1 aliphatic heterocycles. The minimum absolute atomic E-state index is 0.0281. The molecular formula is C25H37FO8. The molecule has 5 fully saturated rings. The standard InChI is InChI=1S/C25H37FO8/c1-14(27)32-12-19(29)24(30)5-4-16-15-10-18(26)25(31)13-23(33-8-9-34-23)7-6-21(25,2)20(15)17(28)11-22(16,24)3/h15-18,20,28,30-31H,4-13H2,1-3H3/t15-,16+,17+,18-,20-,21+,22-,24-,25-/m0/s1. The van der Waals surface area contributed by atoms with E-state index in [1.54, 1.807) is 6.92 Å². The van der Waals surface area contributed by atoms with Gasteiger partial charge in [-0.1, -0.05) is 13.8 Å². The number of aliphatic hydroxyl groups excluding tert-OH is 1. The van der Waals surface area contributed by atoms with E-state index < -0.39 is 58.5 Å². The summed E-state index contributed by atoms with van der Waals surface area (Å²) in [4.78, 5) is 24.2. The van der Waals surface area contributed by atoms with Crippen LogP contribution in [0.4, 0.5) is 4.39 Å². The van der Waals surface area contributed by atoms with Crippen LogP contribution < -0.4 is 0 Å². The summed E-state index contributed by atoms with van der Waals surface area (Å²) in [5, 5.41) is 34.9. The van der Waals surface area contributed by atoms with Gasteiger partial charge in [0, 0.05) is 30.6 Å². The molecule has 0 aromatic heterocycles. The first-order chi connectivity index (χ1) is 15.8. The van der Waals surface area contributed by atoms with Gasteiger partial charge in [0.05, 0.1) is 19.3 Å². The minimum Gasteiger partial charge on any atom is -0.458 e. The highest BCUT2D eigenvalue weighted by Gasteiger charge is 2.74. The van der Waals surface area contributed by atoms with Gasteiger partial charge in [-0.05, 0) is 49.9 Å². The average Bonchev–Trinajstić information content (AvgIpc) is 3.31. The van der Waals surface area contributed by atoms with Gasteiger partial charge < -0.3 is 29.5 Å². The summed E-state index contributed by atoms with van der Waals surface area (Å²) in [5.74, 6) is -3.05. The van der Waals surface area contributed by atoms with Crippen molar-refractivity contribution in [3.63, 3.8) is 0 Å². The summed E-state index contributed by atoms with van der Waals surface area (Å²) in [6.45, 7) is 5.17. The summed E-state index contributed by atoms with van der Waals surface area (Å²) in [5.41, 5.74) is -5.35. The fraction of sp³-hybridized carbons (Fsp3) is 0.920. The number of carbonyl (C=O) groups excluding carboxylic acids is 2. The predicted octanol–water partition coefficient (Wildman–Crippen LogP) is 1.67. The zero-order chi connectivity index (χ0) is 24.7. The molecule has 9 atom stereocenters. The van der Waals surface area contributed by atoms with Crippen LogP contribution in [-0.2, 0) is 23.8 Å². The average molecular weight is 485 g/mol. The number of rotatable bonds is 3. The van der Waals surface area contributed by atoms with Gasteiger partial charge in [-0.3, -0.25) is 9.59 Å². The van der Waals surface area contributed by atoms with E-state index in [2.05, 4.69) is 0 Å². The van der Waals surface area contributed by atoms with Crippen molar-refractivity contribution in [2.45, 2.75) is 95.0 Å². The molecule has 0 bridgehead atoms. The second kappa shape index (κ2) is 7.68. The third kappa shape index (κ3) is 3.06. The Bertz CT molecular complexity index is 875. The summed E-state index contributed by atoms with van der Waals surface area (Å²) in [6.07, 6.45) is -0.621. The van der Waals surface area contributed by atoms with Crippen LogP contribution in [0.3, 0.4) is 0 Å². The van der Waals surface area contributed by atoms with Crippen molar-refractivity contribution in [1.82, 2.24) is 0 Å². The Labute approximate surface area is 199 Å². The van der Waals surface area contributed by atoms with E-state index in [1.165, 1.54) is 6.92 Å². The lowest BCUT2D eigenvalue weighted by Crippen LogP contribution is -2.72. The molecule has 3 N–H and O–H groups in total. The zero-order valence-corrected chi connectivity index (χ0v) is 20.2. The first-order valence-electron chi connectivity index (χ1n) is 12.5. The molecule has 4 saturated carbocycles. The van der Waals surface area contributed by atoms with Gasteiger partial charge in [0.2, 0.25) is 5.78 Å². The van der Waals surface area contributed by atoms with Gasteiger partial charge in [0.1, 0.15) is 17.4 Å². The number of Topliss-reactive ketones (excluding diaryl/α,β-unsaturated/α-hetero) is 1. The molecule has 5 aliphatic rings. The smallest absolute Gasteiger partial charge is 0.303 e. The number of alkyl halides is 1. The van der Waals surface area contributed by atoms with Gasteiger partial charge >= 0.3 is 5.97 Å². The molecule has 0 aromatic rings. The molecule has 0 unspecified atom stereocenters. The second-order valence-electron chi connectivity index (χ2n) is 11.9. The zero-order valence-electron chi connectivity index (χ0n) is 20.2. The number of fused-ring (bicyclic) bond motifs is 5. The van der Waals surface area contributed by atoms with Crippen LogP contribution in [0.1, 0.15) is 65.7 Å². The molecule has 1 spiro atoms. The molecule has 5 rings (SSSR count). The van der Waals surface area contributed by atoms with Crippen molar-refractivity contribution >= 4 is 11.8 Å². The molecule has 1 heterocycles. The van der Waals surface area contributed by atoms with E-state index in [0.29, 0.717) is 32.5 Å². The van der Waals surface area contributed by atoms with Crippen LogP contribution in [-0.4, -0.2) is 76.2 Å². The number of carbonyl (C=O) groups is 2. The van der Waals surface area contributed by atoms with Crippen molar-refractivity contribution < 1.29 is 43.5 Å². The van der Waals surface area contributed by atoms with Crippen molar-refractivity contribution in [3.05, 3.63) is 0 Å². The Hall–Kier alpha value is -1.13. The van der Waals surface area contributed by atoms with Crippen LogP contribution in [0, 0.1) is 28.6 Å². The van der Waals surface area contributed by atoms with Crippen LogP contribution in [0.5, 0.6) is 0 Å².